The van der Waals surface area contributed by atoms with E-state index in [1.165, 1.54) is 6.33 Å². The summed E-state index contributed by atoms with van der Waals surface area (Å²) in [5.74, 6) is 0.761. The SMILES string of the molecule is O=[N+]([O-])c1c(Nc2ccc(Br)cn2)ncnc1N(Cc1ccccc1)Cc1ccccc1. The number of rotatable bonds is 8. The molecule has 32 heavy (non-hydrogen) atoms. The summed E-state index contributed by atoms with van der Waals surface area (Å²) in [7, 11) is 0. The number of halogens is 1. The first kappa shape index (κ1) is 21.4. The van der Waals surface area contributed by atoms with E-state index in [2.05, 4.69) is 36.2 Å². The largest absolute Gasteiger partial charge is 0.353 e. The predicted octanol–water partition coefficient (Wildman–Crippen LogP) is 5.49. The van der Waals surface area contributed by atoms with Crippen molar-refractivity contribution in [1.82, 2.24) is 15.0 Å². The minimum absolute atomic E-state index is 0.0842. The molecular weight excluding hydrogens is 472 g/mol. The summed E-state index contributed by atoms with van der Waals surface area (Å²) in [5, 5.41) is 15.1. The number of nitro groups is 1. The van der Waals surface area contributed by atoms with Crippen LogP contribution < -0.4 is 10.2 Å². The molecule has 160 valence electrons. The second-order valence-corrected chi connectivity index (χ2v) is 7.88. The van der Waals surface area contributed by atoms with Crippen molar-refractivity contribution < 1.29 is 4.92 Å². The van der Waals surface area contributed by atoms with Crippen molar-refractivity contribution >= 4 is 39.1 Å². The average molecular weight is 491 g/mol. The Hall–Kier alpha value is -3.85. The van der Waals surface area contributed by atoms with Gasteiger partial charge in [0.25, 0.3) is 0 Å². The second kappa shape index (κ2) is 9.97. The maximum Gasteiger partial charge on any atom is 0.353 e. The number of nitrogens with zero attached hydrogens (tertiary/aromatic N) is 5. The maximum absolute atomic E-state index is 12.1. The quantitative estimate of drug-likeness (QED) is 0.257. The molecule has 9 heteroatoms. The van der Waals surface area contributed by atoms with Gasteiger partial charge in [-0.05, 0) is 39.2 Å². The number of hydrogen-bond acceptors (Lipinski definition) is 7. The van der Waals surface area contributed by atoms with Gasteiger partial charge in [0.05, 0.1) is 4.92 Å². The molecule has 0 fully saturated rings. The minimum atomic E-state index is -0.459. The zero-order valence-corrected chi connectivity index (χ0v) is 18.5. The first-order chi connectivity index (χ1) is 15.6. The molecule has 2 heterocycles. The molecule has 0 bridgehead atoms. The van der Waals surface area contributed by atoms with Gasteiger partial charge in [-0.2, -0.15) is 0 Å². The van der Waals surface area contributed by atoms with Crippen LogP contribution in [0.3, 0.4) is 0 Å². The molecular formula is C23H19BrN6O2. The van der Waals surface area contributed by atoms with Crippen molar-refractivity contribution in [3.05, 3.63) is 111 Å². The van der Waals surface area contributed by atoms with Crippen LogP contribution in [0.15, 0.2) is 89.8 Å². The summed E-state index contributed by atoms with van der Waals surface area (Å²) in [6, 6.07) is 23.1. The predicted molar refractivity (Wildman–Crippen MR) is 127 cm³/mol. The topological polar surface area (TPSA) is 97.1 Å². The Morgan fingerprint density at radius 1 is 0.875 bits per heavy atom. The van der Waals surface area contributed by atoms with Gasteiger partial charge in [0.2, 0.25) is 11.6 Å². The van der Waals surface area contributed by atoms with E-state index in [0.717, 1.165) is 15.6 Å². The lowest BCUT2D eigenvalue weighted by Crippen LogP contribution is -2.24. The highest BCUT2D eigenvalue weighted by atomic mass is 79.9. The van der Waals surface area contributed by atoms with Gasteiger partial charge < -0.3 is 10.2 Å². The summed E-state index contributed by atoms with van der Waals surface area (Å²) in [5.41, 5.74) is 1.82. The number of nitrogens with one attached hydrogen (secondary N) is 1. The minimum Gasteiger partial charge on any atom is -0.342 e. The van der Waals surface area contributed by atoms with Crippen LogP contribution in [0.5, 0.6) is 0 Å². The Balaban J connectivity index is 1.75. The van der Waals surface area contributed by atoms with Crippen molar-refractivity contribution in [2.45, 2.75) is 13.1 Å². The van der Waals surface area contributed by atoms with E-state index in [1.807, 2.05) is 65.6 Å². The fourth-order valence-corrected chi connectivity index (χ4v) is 3.48. The van der Waals surface area contributed by atoms with Gasteiger partial charge in [-0.3, -0.25) is 10.1 Å². The van der Waals surface area contributed by atoms with Crippen LogP contribution in [0.25, 0.3) is 0 Å². The van der Waals surface area contributed by atoms with Crippen LogP contribution in [0.2, 0.25) is 0 Å². The first-order valence-electron chi connectivity index (χ1n) is 9.81. The van der Waals surface area contributed by atoms with Gasteiger partial charge in [-0.1, -0.05) is 60.7 Å². The molecule has 2 aromatic heterocycles. The summed E-state index contributed by atoms with van der Waals surface area (Å²) in [6.07, 6.45) is 2.93. The van der Waals surface area contributed by atoms with E-state index in [1.54, 1.807) is 18.3 Å². The monoisotopic (exact) mass is 490 g/mol. The third-order valence-corrected chi connectivity index (χ3v) is 5.16. The molecule has 4 aromatic rings. The standard InChI is InChI=1S/C23H19BrN6O2/c24-19-11-12-20(25-13-19)28-22-21(30(31)32)23(27-16-26-22)29(14-17-7-3-1-4-8-17)15-18-9-5-2-6-10-18/h1-13,16H,14-15H2,(H,25,26,27,28). The second-order valence-electron chi connectivity index (χ2n) is 6.97. The van der Waals surface area contributed by atoms with Crippen molar-refractivity contribution in [2.75, 3.05) is 10.2 Å². The summed E-state index contributed by atoms with van der Waals surface area (Å²) >= 11 is 3.33. The molecule has 8 nitrogen and oxygen atoms in total. The molecule has 0 aliphatic rings. The Morgan fingerprint density at radius 2 is 1.50 bits per heavy atom. The zero-order chi connectivity index (χ0) is 22.3. The molecule has 0 atom stereocenters. The molecule has 0 amide bonds. The Kier molecular flexibility index (Phi) is 6.66. The molecule has 1 N–H and O–H groups in total. The van der Waals surface area contributed by atoms with Crippen molar-refractivity contribution in [1.29, 1.82) is 0 Å². The fraction of sp³-hybridized carbons (Fsp3) is 0.0870. The molecule has 0 aliphatic heterocycles. The first-order valence-corrected chi connectivity index (χ1v) is 10.6. The third kappa shape index (κ3) is 5.25. The van der Waals surface area contributed by atoms with Crippen molar-refractivity contribution in [2.24, 2.45) is 0 Å². The summed E-state index contributed by atoms with van der Waals surface area (Å²) in [6.45, 7) is 0.896. The highest BCUT2D eigenvalue weighted by Gasteiger charge is 2.27. The van der Waals surface area contributed by atoms with Gasteiger partial charge >= 0.3 is 5.69 Å². The maximum atomic E-state index is 12.1. The number of hydrogen-bond donors (Lipinski definition) is 1. The smallest absolute Gasteiger partial charge is 0.342 e. The Labute approximate surface area is 193 Å². The molecule has 0 aliphatic carbocycles. The van der Waals surface area contributed by atoms with Gasteiger partial charge in [-0.25, -0.2) is 15.0 Å². The molecule has 4 rings (SSSR count). The van der Waals surface area contributed by atoms with E-state index in [4.69, 9.17) is 0 Å². The van der Waals surface area contributed by atoms with Gasteiger partial charge in [-0.15, -0.1) is 0 Å². The molecule has 0 saturated carbocycles. The fourth-order valence-electron chi connectivity index (χ4n) is 3.24. The molecule has 0 saturated heterocycles. The van der Waals surface area contributed by atoms with Crippen molar-refractivity contribution in [3.8, 4) is 0 Å². The molecule has 0 radical (unpaired) electrons. The summed E-state index contributed by atoms with van der Waals surface area (Å²) in [4.78, 5) is 26.2. The lowest BCUT2D eigenvalue weighted by Gasteiger charge is -2.24. The van der Waals surface area contributed by atoms with Crippen LogP contribution in [0.1, 0.15) is 11.1 Å². The molecule has 2 aromatic carbocycles. The van der Waals surface area contributed by atoms with Gasteiger partial charge in [0.1, 0.15) is 12.1 Å². The Morgan fingerprint density at radius 3 is 2.03 bits per heavy atom. The van der Waals surface area contributed by atoms with Crippen LogP contribution in [0.4, 0.5) is 23.1 Å². The number of pyridine rings is 1. The zero-order valence-electron chi connectivity index (χ0n) is 16.9. The van der Waals surface area contributed by atoms with E-state index >= 15 is 0 Å². The van der Waals surface area contributed by atoms with Crippen molar-refractivity contribution in [3.63, 3.8) is 0 Å². The third-order valence-electron chi connectivity index (χ3n) is 4.69. The van der Waals surface area contributed by atoms with Gasteiger partial charge in [0, 0.05) is 23.8 Å². The van der Waals surface area contributed by atoms with Crippen LogP contribution >= 0.6 is 15.9 Å². The molecule has 0 spiro atoms. The summed E-state index contributed by atoms with van der Waals surface area (Å²) < 4.78 is 0.804. The molecule has 0 unspecified atom stereocenters. The number of benzene rings is 2. The van der Waals surface area contributed by atoms with Crippen LogP contribution in [-0.2, 0) is 13.1 Å². The Bertz CT molecular complexity index is 1150. The van der Waals surface area contributed by atoms with E-state index in [0.29, 0.717) is 18.9 Å². The van der Waals surface area contributed by atoms with E-state index in [9.17, 15) is 10.1 Å². The average Bonchev–Trinajstić information content (AvgIpc) is 2.81. The number of anilines is 3. The highest BCUT2D eigenvalue weighted by molar-refractivity contribution is 9.10. The number of aromatic nitrogens is 3. The highest BCUT2D eigenvalue weighted by Crippen LogP contribution is 2.34. The lowest BCUT2D eigenvalue weighted by atomic mass is 10.1. The normalized spacial score (nSPS) is 10.5. The van der Waals surface area contributed by atoms with Crippen LogP contribution in [0, 0.1) is 10.1 Å². The van der Waals surface area contributed by atoms with Crippen LogP contribution in [-0.4, -0.2) is 19.9 Å². The lowest BCUT2D eigenvalue weighted by molar-refractivity contribution is -0.383. The van der Waals surface area contributed by atoms with E-state index in [-0.39, 0.29) is 17.3 Å². The van der Waals surface area contributed by atoms with E-state index < -0.39 is 4.92 Å². The van der Waals surface area contributed by atoms with Gasteiger partial charge in [0.15, 0.2) is 0 Å².